The molecule has 2 aromatic rings. The van der Waals surface area contributed by atoms with E-state index in [0.717, 1.165) is 23.7 Å². The number of thioether (sulfide) groups is 1. The molecule has 0 unspecified atom stereocenters. The van der Waals surface area contributed by atoms with Crippen LogP contribution in [0.1, 0.15) is 58.9 Å². The molecular weight excluding hydrogens is 332 g/mol. The Morgan fingerprint density at radius 3 is 2.56 bits per heavy atom. The number of carbonyl (C=O) groups excluding carboxylic acids is 1. The minimum Gasteiger partial charge on any atom is -0.350 e. The van der Waals surface area contributed by atoms with Gasteiger partial charge in [0.15, 0.2) is 5.16 Å². The van der Waals surface area contributed by atoms with Crippen molar-refractivity contribution >= 4 is 17.7 Å². The molecule has 0 aliphatic rings. The van der Waals surface area contributed by atoms with E-state index >= 15 is 0 Å². The first-order valence-corrected chi connectivity index (χ1v) is 9.75. The third kappa shape index (κ3) is 5.59. The maximum atomic E-state index is 12.2. The van der Waals surface area contributed by atoms with Gasteiger partial charge in [0.05, 0.1) is 5.75 Å². The maximum Gasteiger partial charge on any atom is 0.230 e. The lowest BCUT2D eigenvalue weighted by molar-refractivity contribution is -0.120. The number of aromatic nitrogens is 3. The zero-order valence-corrected chi connectivity index (χ0v) is 16.6. The van der Waals surface area contributed by atoms with Crippen molar-refractivity contribution in [3.05, 3.63) is 36.2 Å². The molecule has 1 aromatic carbocycles. The average molecular weight is 361 g/mol. The number of rotatable bonds is 8. The Morgan fingerprint density at radius 1 is 1.28 bits per heavy atom. The van der Waals surface area contributed by atoms with Crippen LogP contribution in [0.25, 0.3) is 5.69 Å². The van der Waals surface area contributed by atoms with Crippen LogP contribution in [0.4, 0.5) is 0 Å². The summed E-state index contributed by atoms with van der Waals surface area (Å²) >= 11 is 1.40. The fourth-order valence-corrected chi connectivity index (χ4v) is 3.48. The van der Waals surface area contributed by atoms with E-state index in [0.29, 0.717) is 11.7 Å². The van der Waals surface area contributed by atoms with E-state index in [-0.39, 0.29) is 11.4 Å². The van der Waals surface area contributed by atoms with Crippen molar-refractivity contribution in [3.63, 3.8) is 0 Å². The van der Waals surface area contributed by atoms with Gasteiger partial charge in [0.1, 0.15) is 6.33 Å². The van der Waals surface area contributed by atoms with Crippen molar-refractivity contribution < 1.29 is 4.79 Å². The van der Waals surface area contributed by atoms with Crippen LogP contribution in [0.2, 0.25) is 0 Å². The van der Waals surface area contributed by atoms with Crippen LogP contribution < -0.4 is 5.32 Å². The maximum absolute atomic E-state index is 12.2. The van der Waals surface area contributed by atoms with Gasteiger partial charge in [-0.2, -0.15) is 0 Å². The van der Waals surface area contributed by atoms with Crippen molar-refractivity contribution in [2.24, 2.45) is 0 Å². The predicted octanol–water partition coefficient (Wildman–Crippen LogP) is 4.18. The molecule has 0 radical (unpaired) electrons. The van der Waals surface area contributed by atoms with Gasteiger partial charge in [-0.15, -0.1) is 10.2 Å². The summed E-state index contributed by atoms with van der Waals surface area (Å²) in [5.41, 5.74) is 2.12. The van der Waals surface area contributed by atoms with E-state index in [9.17, 15) is 4.79 Å². The van der Waals surface area contributed by atoms with Gasteiger partial charge in [-0.05, 0) is 43.9 Å². The first-order chi connectivity index (χ1) is 11.8. The monoisotopic (exact) mass is 360 g/mol. The Bertz CT molecular complexity index is 692. The number of hydrogen-bond acceptors (Lipinski definition) is 4. The standard InChI is InChI=1S/C19H28N4OS/c1-6-11-19(4,5)21-17(24)12-25-18-22-20-13-23(18)16-9-7-15(8-10-16)14(2)3/h7-10,13-14H,6,11-12H2,1-5H3,(H,21,24). The number of amides is 1. The number of nitrogens with one attached hydrogen (secondary N) is 1. The van der Waals surface area contributed by atoms with Gasteiger partial charge < -0.3 is 5.32 Å². The Labute approximate surface area is 154 Å². The lowest BCUT2D eigenvalue weighted by Gasteiger charge is -2.25. The SMILES string of the molecule is CCCC(C)(C)NC(=O)CSc1nncn1-c1ccc(C(C)C)cc1. The fraction of sp³-hybridized carbons (Fsp3) is 0.526. The molecule has 0 bridgehead atoms. The quantitative estimate of drug-likeness (QED) is 0.718. The molecule has 5 nitrogen and oxygen atoms in total. The summed E-state index contributed by atoms with van der Waals surface area (Å²) in [5.74, 6) is 0.850. The van der Waals surface area contributed by atoms with Crippen LogP contribution in [0, 0.1) is 0 Å². The van der Waals surface area contributed by atoms with Gasteiger partial charge in [0, 0.05) is 11.2 Å². The summed E-state index contributed by atoms with van der Waals surface area (Å²) in [6.45, 7) is 10.6. The van der Waals surface area contributed by atoms with Crippen LogP contribution in [0.3, 0.4) is 0 Å². The average Bonchev–Trinajstić information content (AvgIpc) is 3.01. The van der Waals surface area contributed by atoms with Gasteiger partial charge in [0.2, 0.25) is 5.91 Å². The van der Waals surface area contributed by atoms with Gasteiger partial charge >= 0.3 is 0 Å². The Kier molecular flexibility index (Phi) is 6.64. The molecule has 0 saturated heterocycles. The van der Waals surface area contributed by atoms with Crippen molar-refractivity contribution in [2.75, 3.05) is 5.75 Å². The first kappa shape index (κ1) is 19.5. The molecule has 1 N–H and O–H groups in total. The summed E-state index contributed by atoms with van der Waals surface area (Å²) in [7, 11) is 0. The topological polar surface area (TPSA) is 59.8 Å². The number of hydrogen-bond donors (Lipinski definition) is 1. The molecule has 1 amide bonds. The molecule has 6 heteroatoms. The van der Waals surface area contributed by atoms with Gasteiger partial charge in [-0.3, -0.25) is 9.36 Å². The van der Waals surface area contributed by atoms with Crippen LogP contribution in [-0.4, -0.2) is 32.0 Å². The molecule has 136 valence electrons. The highest BCUT2D eigenvalue weighted by Gasteiger charge is 2.19. The van der Waals surface area contributed by atoms with Gasteiger partial charge in [-0.25, -0.2) is 0 Å². The molecule has 0 aliphatic carbocycles. The lowest BCUT2D eigenvalue weighted by atomic mass is 9.99. The van der Waals surface area contributed by atoms with Crippen molar-refractivity contribution in [1.29, 1.82) is 0 Å². The molecule has 1 heterocycles. The number of carbonyl (C=O) groups is 1. The van der Waals surface area contributed by atoms with Crippen LogP contribution in [0.15, 0.2) is 35.7 Å². The van der Waals surface area contributed by atoms with Crippen LogP contribution in [0.5, 0.6) is 0 Å². The normalized spacial score (nSPS) is 11.8. The van der Waals surface area contributed by atoms with Crippen molar-refractivity contribution in [2.45, 2.75) is 64.1 Å². The van der Waals surface area contributed by atoms with E-state index in [4.69, 9.17) is 0 Å². The minimum atomic E-state index is -0.174. The minimum absolute atomic E-state index is 0.0214. The van der Waals surface area contributed by atoms with Crippen LogP contribution >= 0.6 is 11.8 Å². The summed E-state index contributed by atoms with van der Waals surface area (Å²) in [6.07, 6.45) is 3.69. The van der Waals surface area contributed by atoms with E-state index in [1.807, 2.05) is 4.57 Å². The van der Waals surface area contributed by atoms with E-state index < -0.39 is 0 Å². The second-order valence-electron chi connectivity index (χ2n) is 7.20. The smallest absolute Gasteiger partial charge is 0.230 e. The molecule has 0 atom stereocenters. The second kappa shape index (κ2) is 8.52. The van der Waals surface area contributed by atoms with Gasteiger partial charge in [0.25, 0.3) is 0 Å². The summed E-state index contributed by atoms with van der Waals surface area (Å²) in [6, 6.07) is 8.36. The highest BCUT2D eigenvalue weighted by molar-refractivity contribution is 7.99. The third-order valence-electron chi connectivity index (χ3n) is 4.04. The molecule has 0 aliphatic heterocycles. The van der Waals surface area contributed by atoms with E-state index in [1.165, 1.54) is 17.3 Å². The Balaban J connectivity index is 2.01. The molecule has 0 saturated carbocycles. The Morgan fingerprint density at radius 2 is 1.96 bits per heavy atom. The molecule has 0 fully saturated rings. The second-order valence-corrected chi connectivity index (χ2v) is 8.14. The molecule has 25 heavy (non-hydrogen) atoms. The van der Waals surface area contributed by atoms with Gasteiger partial charge in [-0.1, -0.05) is 51.1 Å². The lowest BCUT2D eigenvalue weighted by Crippen LogP contribution is -2.44. The summed E-state index contributed by atoms with van der Waals surface area (Å²) in [5, 5.41) is 12.0. The Hall–Kier alpha value is -1.82. The zero-order valence-electron chi connectivity index (χ0n) is 15.7. The zero-order chi connectivity index (χ0) is 18.4. The molecule has 2 rings (SSSR count). The number of nitrogens with zero attached hydrogens (tertiary/aromatic N) is 3. The highest BCUT2D eigenvalue weighted by Crippen LogP contribution is 2.22. The predicted molar refractivity (Wildman–Crippen MR) is 103 cm³/mol. The fourth-order valence-electron chi connectivity index (χ4n) is 2.75. The number of benzene rings is 1. The summed E-state index contributed by atoms with van der Waals surface area (Å²) in [4.78, 5) is 12.2. The third-order valence-corrected chi connectivity index (χ3v) is 4.98. The summed E-state index contributed by atoms with van der Waals surface area (Å²) < 4.78 is 1.92. The van der Waals surface area contributed by atoms with E-state index in [1.54, 1.807) is 6.33 Å². The van der Waals surface area contributed by atoms with Crippen LogP contribution in [-0.2, 0) is 4.79 Å². The van der Waals surface area contributed by atoms with Crippen molar-refractivity contribution in [1.82, 2.24) is 20.1 Å². The first-order valence-electron chi connectivity index (χ1n) is 8.76. The highest BCUT2D eigenvalue weighted by atomic mass is 32.2. The largest absolute Gasteiger partial charge is 0.350 e. The molecular formula is C19H28N4OS. The van der Waals surface area contributed by atoms with E-state index in [2.05, 4.69) is 74.4 Å². The molecule has 0 spiro atoms. The van der Waals surface area contributed by atoms with Crippen molar-refractivity contribution in [3.8, 4) is 5.69 Å². The molecule has 1 aromatic heterocycles.